The molecule has 2 aromatic rings. The van der Waals surface area contributed by atoms with Crippen LogP contribution in [-0.2, 0) is 5.88 Å². The van der Waals surface area contributed by atoms with Crippen LogP contribution in [0.3, 0.4) is 0 Å². The van der Waals surface area contributed by atoms with Gasteiger partial charge in [-0.2, -0.15) is 0 Å². The van der Waals surface area contributed by atoms with E-state index in [-0.39, 0.29) is 0 Å². The lowest BCUT2D eigenvalue weighted by atomic mass is 10.2. The molecule has 2 nitrogen and oxygen atoms in total. The van der Waals surface area contributed by atoms with E-state index in [1.807, 2.05) is 43.3 Å². The van der Waals surface area contributed by atoms with Gasteiger partial charge in [-0.1, -0.05) is 35.9 Å². The largest absolute Gasteiger partial charge is 0.490 e. The summed E-state index contributed by atoms with van der Waals surface area (Å²) in [6.45, 7) is 2.50. The minimum Gasteiger partial charge on any atom is -0.490 e. The van der Waals surface area contributed by atoms with Crippen LogP contribution in [0.4, 0.5) is 0 Å². The number of rotatable bonds is 5. The summed E-state index contributed by atoms with van der Waals surface area (Å²) in [6.07, 6.45) is 0. The van der Waals surface area contributed by atoms with Crippen molar-refractivity contribution in [3.63, 3.8) is 0 Å². The molecule has 0 bridgehead atoms. The van der Waals surface area contributed by atoms with Crippen LogP contribution in [0.2, 0.25) is 5.02 Å². The van der Waals surface area contributed by atoms with Crippen molar-refractivity contribution in [2.45, 2.75) is 12.8 Å². The summed E-state index contributed by atoms with van der Waals surface area (Å²) in [7, 11) is 0. The number of ether oxygens (including phenoxy) is 2. The molecule has 0 radical (unpaired) electrons. The molecule has 0 spiro atoms. The standard InChI is InChI=1S/C15H14Cl2O2/c1-2-18-13-8-3-4-9-14(13)19-15-11(10-16)6-5-7-12(15)17/h3-9H,2,10H2,1H3. The molecule has 19 heavy (non-hydrogen) atoms. The summed E-state index contributed by atoms with van der Waals surface area (Å²) < 4.78 is 11.4. The molecule has 0 aliphatic carbocycles. The molecular weight excluding hydrogens is 283 g/mol. The van der Waals surface area contributed by atoms with Gasteiger partial charge in [0.05, 0.1) is 17.5 Å². The number of benzene rings is 2. The van der Waals surface area contributed by atoms with Crippen LogP contribution in [0.5, 0.6) is 17.2 Å². The Morgan fingerprint density at radius 3 is 2.42 bits per heavy atom. The minimum atomic E-state index is 0.340. The normalized spacial score (nSPS) is 10.3. The zero-order valence-electron chi connectivity index (χ0n) is 10.5. The maximum atomic E-state index is 6.16. The third kappa shape index (κ3) is 3.34. The highest BCUT2D eigenvalue weighted by Crippen LogP contribution is 2.37. The number of hydrogen-bond donors (Lipinski definition) is 0. The maximum absolute atomic E-state index is 6.16. The number of para-hydroxylation sites is 3. The molecule has 0 saturated heterocycles. The third-order valence-electron chi connectivity index (χ3n) is 2.55. The van der Waals surface area contributed by atoms with Gasteiger partial charge < -0.3 is 9.47 Å². The van der Waals surface area contributed by atoms with Crippen molar-refractivity contribution in [2.24, 2.45) is 0 Å². The Balaban J connectivity index is 2.36. The van der Waals surface area contributed by atoms with Gasteiger partial charge >= 0.3 is 0 Å². The van der Waals surface area contributed by atoms with E-state index in [0.717, 1.165) is 5.56 Å². The predicted octanol–water partition coefficient (Wildman–Crippen LogP) is 5.27. The van der Waals surface area contributed by atoms with Crippen molar-refractivity contribution < 1.29 is 9.47 Å². The van der Waals surface area contributed by atoms with Crippen LogP contribution < -0.4 is 9.47 Å². The molecule has 0 amide bonds. The van der Waals surface area contributed by atoms with Gasteiger partial charge in [0.25, 0.3) is 0 Å². The van der Waals surface area contributed by atoms with Crippen molar-refractivity contribution in [1.29, 1.82) is 0 Å². The minimum absolute atomic E-state index is 0.340. The van der Waals surface area contributed by atoms with E-state index in [1.54, 1.807) is 6.07 Å². The van der Waals surface area contributed by atoms with Crippen molar-refractivity contribution in [3.8, 4) is 17.2 Å². The van der Waals surface area contributed by atoms with Gasteiger partial charge in [0.2, 0.25) is 0 Å². The Bertz CT molecular complexity index is 556. The zero-order valence-corrected chi connectivity index (χ0v) is 12.0. The molecular formula is C15H14Cl2O2. The molecule has 2 aromatic carbocycles. The van der Waals surface area contributed by atoms with Gasteiger partial charge in [0.15, 0.2) is 17.2 Å². The first-order valence-corrected chi connectivity index (χ1v) is 6.90. The molecule has 0 N–H and O–H groups in total. The Hall–Kier alpha value is -1.38. The lowest BCUT2D eigenvalue weighted by Crippen LogP contribution is -1.96. The fourth-order valence-electron chi connectivity index (χ4n) is 1.69. The molecule has 0 heterocycles. The molecule has 0 fully saturated rings. The molecule has 0 aliphatic heterocycles. The molecule has 0 aliphatic rings. The van der Waals surface area contributed by atoms with E-state index in [2.05, 4.69) is 0 Å². The number of hydrogen-bond acceptors (Lipinski definition) is 2. The topological polar surface area (TPSA) is 18.5 Å². The maximum Gasteiger partial charge on any atom is 0.169 e. The average Bonchev–Trinajstić information content (AvgIpc) is 2.43. The van der Waals surface area contributed by atoms with Gasteiger partial charge in [-0.25, -0.2) is 0 Å². The van der Waals surface area contributed by atoms with Crippen molar-refractivity contribution in [2.75, 3.05) is 6.61 Å². The molecule has 4 heteroatoms. The van der Waals surface area contributed by atoms with Crippen molar-refractivity contribution in [3.05, 3.63) is 53.1 Å². The second-order valence-electron chi connectivity index (χ2n) is 3.84. The van der Waals surface area contributed by atoms with Crippen LogP contribution in [0.25, 0.3) is 0 Å². The van der Waals surface area contributed by atoms with Gasteiger partial charge in [0.1, 0.15) is 0 Å². The molecule has 100 valence electrons. The number of alkyl halides is 1. The molecule has 0 atom stereocenters. The quantitative estimate of drug-likeness (QED) is 0.700. The van der Waals surface area contributed by atoms with E-state index in [1.165, 1.54) is 0 Å². The summed E-state index contributed by atoms with van der Waals surface area (Å²) in [5, 5.41) is 0.532. The number of halogens is 2. The van der Waals surface area contributed by atoms with Crippen LogP contribution >= 0.6 is 23.2 Å². The van der Waals surface area contributed by atoms with Gasteiger partial charge in [0, 0.05) is 5.56 Å². The summed E-state index contributed by atoms with van der Waals surface area (Å²) >= 11 is 12.1. The SMILES string of the molecule is CCOc1ccccc1Oc1c(Cl)cccc1CCl. The lowest BCUT2D eigenvalue weighted by Gasteiger charge is -2.14. The van der Waals surface area contributed by atoms with Crippen LogP contribution in [0.15, 0.2) is 42.5 Å². The summed E-state index contributed by atoms with van der Waals surface area (Å²) in [4.78, 5) is 0. The molecule has 0 aromatic heterocycles. The average molecular weight is 297 g/mol. The summed E-state index contributed by atoms with van der Waals surface area (Å²) in [5.41, 5.74) is 0.848. The Morgan fingerprint density at radius 2 is 1.74 bits per heavy atom. The Labute approximate surface area is 122 Å². The van der Waals surface area contributed by atoms with Crippen molar-refractivity contribution >= 4 is 23.2 Å². The second kappa shape index (κ2) is 6.69. The smallest absolute Gasteiger partial charge is 0.169 e. The van der Waals surface area contributed by atoms with E-state index in [0.29, 0.717) is 34.8 Å². The monoisotopic (exact) mass is 296 g/mol. The van der Waals surface area contributed by atoms with E-state index in [9.17, 15) is 0 Å². The fourth-order valence-corrected chi connectivity index (χ4v) is 2.14. The first-order valence-electron chi connectivity index (χ1n) is 5.99. The summed E-state index contributed by atoms with van der Waals surface area (Å²) in [6, 6.07) is 13.0. The first-order chi connectivity index (χ1) is 9.26. The molecule has 2 rings (SSSR count). The Kier molecular flexibility index (Phi) is 4.94. The van der Waals surface area contributed by atoms with Gasteiger partial charge in [-0.05, 0) is 25.1 Å². The fraction of sp³-hybridized carbons (Fsp3) is 0.200. The van der Waals surface area contributed by atoms with Gasteiger partial charge in [-0.3, -0.25) is 0 Å². The Morgan fingerprint density at radius 1 is 1.00 bits per heavy atom. The lowest BCUT2D eigenvalue weighted by molar-refractivity contribution is 0.321. The third-order valence-corrected chi connectivity index (χ3v) is 3.14. The van der Waals surface area contributed by atoms with Crippen LogP contribution in [0.1, 0.15) is 12.5 Å². The second-order valence-corrected chi connectivity index (χ2v) is 4.52. The first kappa shape index (κ1) is 14.0. The van der Waals surface area contributed by atoms with E-state index in [4.69, 9.17) is 32.7 Å². The van der Waals surface area contributed by atoms with E-state index >= 15 is 0 Å². The highest BCUT2D eigenvalue weighted by Gasteiger charge is 2.11. The molecule has 0 unspecified atom stereocenters. The highest BCUT2D eigenvalue weighted by molar-refractivity contribution is 6.32. The molecule has 0 saturated carbocycles. The summed E-state index contributed by atoms with van der Waals surface area (Å²) in [5.74, 6) is 2.23. The predicted molar refractivity (Wildman–Crippen MR) is 78.7 cm³/mol. The zero-order chi connectivity index (χ0) is 13.7. The van der Waals surface area contributed by atoms with E-state index < -0.39 is 0 Å². The van der Waals surface area contributed by atoms with Crippen LogP contribution in [-0.4, -0.2) is 6.61 Å². The van der Waals surface area contributed by atoms with Crippen LogP contribution in [0, 0.1) is 0 Å². The van der Waals surface area contributed by atoms with Gasteiger partial charge in [-0.15, -0.1) is 11.6 Å². The highest BCUT2D eigenvalue weighted by atomic mass is 35.5. The van der Waals surface area contributed by atoms with Crippen molar-refractivity contribution in [1.82, 2.24) is 0 Å².